The minimum absolute atomic E-state index is 0.0275. The Balaban J connectivity index is 1.72. The van der Waals surface area contributed by atoms with Gasteiger partial charge >= 0.3 is 5.69 Å². The lowest BCUT2D eigenvalue weighted by atomic mass is 9.82. The predicted octanol–water partition coefficient (Wildman–Crippen LogP) is 2.29. The molecule has 0 saturated heterocycles. The first-order valence-corrected chi connectivity index (χ1v) is 10.9. The molecule has 0 bridgehead atoms. The van der Waals surface area contributed by atoms with Crippen molar-refractivity contribution in [2.75, 3.05) is 18.0 Å². The first-order valence-electron chi connectivity index (χ1n) is 10.9. The fourth-order valence-electron chi connectivity index (χ4n) is 4.53. The predicted molar refractivity (Wildman–Crippen MR) is 133 cm³/mol. The molecule has 1 aromatic heterocycles. The van der Waals surface area contributed by atoms with Gasteiger partial charge in [0.2, 0.25) is 5.88 Å². The van der Waals surface area contributed by atoms with E-state index in [-0.39, 0.29) is 11.0 Å². The maximum absolute atomic E-state index is 12.4. The number of fused-ring (bicyclic) bond motifs is 3. The molecule has 3 N–H and O–H groups in total. The van der Waals surface area contributed by atoms with Crippen LogP contribution in [0.2, 0.25) is 0 Å². The molecule has 0 amide bonds. The van der Waals surface area contributed by atoms with Crippen LogP contribution in [0, 0.1) is 11.3 Å². The number of allylic oxidation sites excluding steroid dienone is 4. The Morgan fingerprint density at radius 1 is 1.26 bits per heavy atom. The standard InChI is InChI=1S/C26H27N5O3/c1-26(2)20-13-17(8-9-21(20)31-11-10-16(14-27)12-22(26)31)18(15-28)6-5-7-19-23(32)29(3)25(34)30(4)24(19)33/h5-10,12-13,32H,11,14,27H2,1-4H3. The van der Waals surface area contributed by atoms with Gasteiger partial charge in [0, 0.05) is 44.0 Å². The molecular weight excluding hydrogens is 430 g/mol. The quantitative estimate of drug-likeness (QED) is 0.537. The summed E-state index contributed by atoms with van der Waals surface area (Å²) >= 11 is 0. The van der Waals surface area contributed by atoms with Crippen LogP contribution < -0.4 is 21.9 Å². The summed E-state index contributed by atoms with van der Waals surface area (Å²) in [6.45, 7) is 5.58. The number of nitriles is 1. The van der Waals surface area contributed by atoms with Crippen molar-refractivity contribution in [1.82, 2.24) is 9.13 Å². The third kappa shape index (κ3) is 3.51. The monoisotopic (exact) mass is 457 g/mol. The van der Waals surface area contributed by atoms with Gasteiger partial charge in [-0.3, -0.25) is 13.9 Å². The molecule has 3 heterocycles. The lowest BCUT2D eigenvalue weighted by molar-refractivity contribution is 0.410. The van der Waals surface area contributed by atoms with Crippen molar-refractivity contribution in [2.45, 2.75) is 19.3 Å². The van der Waals surface area contributed by atoms with Gasteiger partial charge in [-0.15, -0.1) is 0 Å². The molecule has 2 aromatic rings. The SMILES string of the molecule is Cn1c(O)c(C=CC=C(C#N)c2ccc3c(c2)C(C)(C)C2=CC(CN)=CCN23)c(=O)n(C)c1=O. The van der Waals surface area contributed by atoms with Gasteiger partial charge in [0.15, 0.2) is 0 Å². The summed E-state index contributed by atoms with van der Waals surface area (Å²) in [7, 11) is 2.73. The van der Waals surface area contributed by atoms with Gasteiger partial charge < -0.3 is 15.7 Å². The molecule has 8 nitrogen and oxygen atoms in total. The van der Waals surface area contributed by atoms with E-state index in [2.05, 4.69) is 37.0 Å². The highest BCUT2D eigenvalue weighted by molar-refractivity contribution is 5.83. The van der Waals surface area contributed by atoms with Crippen LogP contribution in [0.1, 0.15) is 30.5 Å². The second-order valence-electron chi connectivity index (χ2n) is 8.97. The topological polar surface area (TPSA) is 117 Å². The summed E-state index contributed by atoms with van der Waals surface area (Å²) < 4.78 is 1.91. The van der Waals surface area contributed by atoms with Gasteiger partial charge in [-0.25, -0.2) is 4.79 Å². The fraction of sp³-hybridized carbons (Fsp3) is 0.269. The highest BCUT2D eigenvalue weighted by Crippen LogP contribution is 2.49. The molecule has 0 unspecified atom stereocenters. The van der Waals surface area contributed by atoms with Crippen molar-refractivity contribution in [3.8, 4) is 11.9 Å². The Labute approximate surface area is 197 Å². The molecule has 0 aliphatic carbocycles. The van der Waals surface area contributed by atoms with Crippen LogP contribution in [-0.4, -0.2) is 27.3 Å². The van der Waals surface area contributed by atoms with Crippen LogP contribution in [0.5, 0.6) is 5.88 Å². The normalized spacial score (nSPS) is 16.7. The molecule has 1 aromatic carbocycles. The molecule has 0 fully saturated rings. The summed E-state index contributed by atoms with van der Waals surface area (Å²) in [5, 5.41) is 20.0. The highest BCUT2D eigenvalue weighted by Gasteiger charge is 2.41. The van der Waals surface area contributed by atoms with E-state index < -0.39 is 17.1 Å². The Morgan fingerprint density at radius 3 is 2.68 bits per heavy atom. The van der Waals surface area contributed by atoms with Crippen LogP contribution in [0.4, 0.5) is 5.69 Å². The zero-order valence-corrected chi connectivity index (χ0v) is 19.7. The van der Waals surface area contributed by atoms with Crippen molar-refractivity contribution in [1.29, 1.82) is 5.26 Å². The van der Waals surface area contributed by atoms with Crippen LogP contribution in [-0.2, 0) is 19.5 Å². The van der Waals surface area contributed by atoms with Gasteiger partial charge in [-0.1, -0.05) is 32.1 Å². The minimum Gasteiger partial charge on any atom is -0.494 e. The van der Waals surface area contributed by atoms with Gasteiger partial charge in [-0.05, 0) is 47.1 Å². The number of hydrogen-bond donors (Lipinski definition) is 2. The summed E-state index contributed by atoms with van der Waals surface area (Å²) in [5.74, 6) is -0.425. The maximum atomic E-state index is 12.4. The third-order valence-corrected chi connectivity index (χ3v) is 6.61. The van der Waals surface area contributed by atoms with Gasteiger partial charge in [0.25, 0.3) is 5.56 Å². The number of hydrogen-bond acceptors (Lipinski definition) is 6. The average Bonchev–Trinajstić information content (AvgIpc) is 3.07. The summed E-state index contributed by atoms with van der Waals surface area (Å²) in [6.07, 6.45) is 8.80. The van der Waals surface area contributed by atoms with Gasteiger partial charge in [0.1, 0.15) is 5.56 Å². The Morgan fingerprint density at radius 2 is 2.00 bits per heavy atom. The lowest BCUT2D eigenvalue weighted by Crippen LogP contribution is -2.37. The van der Waals surface area contributed by atoms with Gasteiger partial charge in [0.05, 0.1) is 11.6 Å². The first-order chi connectivity index (χ1) is 16.1. The Bertz CT molecular complexity index is 1480. The number of benzene rings is 1. The molecular formula is C26H27N5O3. The summed E-state index contributed by atoms with van der Waals surface area (Å²) in [6, 6.07) is 8.18. The third-order valence-electron chi connectivity index (χ3n) is 6.61. The van der Waals surface area contributed by atoms with Crippen LogP contribution >= 0.6 is 0 Å². The molecule has 2 aliphatic rings. The zero-order valence-electron chi connectivity index (χ0n) is 19.7. The smallest absolute Gasteiger partial charge is 0.333 e. The molecule has 0 saturated carbocycles. The van der Waals surface area contributed by atoms with Crippen LogP contribution in [0.3, 0.4) is 0 Å². The van der Waals surface area contributed by atoms with Gasteiger partial charge in [-0.2, -0.15) is 5.26 Å². The maximum Gasteiger partial charge on any atom is 0.333 e. The first kappa shape index (κ1) is 23.1. The average molecular weight is 458 g/mol. The van der Waals surface area contributed by atoms with Crippen LogP contribution in [0.15, 0.2) is 63.4 Å². The second kappa shape index (κ2) is 8.36. The molecule has 4 rings (SSSR count). The van der Waals surface area contributed by atoms with E-state index >= 15 is 0 Å². The number of nitrogens with zero attached hydrogens (tertiary/aromatic N) is 4. The van der Waals surface area contributed by atoms with Crippen LogP contribution in [0.25, 0.3) is 11.6 Å². The number of nitrogens with two attached hydrogens (primary N) is 1. The zero-order chi connectivity index (χ0) is 24.8. The Kier molecular flexibility index (Phi) is 5.67. The van der Waals surface area contributed by atoms with E-state index in [4.69, 9.17) is 5.73 Å². The largest absolute Gasteiger partial charge is 0.494 e. The molecule has 0 atom stereocenters. The van der Waals surface area contributed by atoms with E-state index in [9.17, 15) is 20.0 Å². The molecule has 0 spiro atoms. The van der Waals surface area contributed by atoms with E-state index in [0.717, 1.165) is 38.1 Å². The van der Waals surface area contributed by atoms with E-state index in [1.165, 1.54) is 31.9 Å². The Hall–Kier alpha value is -4.09. The lowest BCUT2D eigenvalue weighted by Gasteiger charge is -2.29. The van der Waals surface area contributed by atoms with Crippen molar-refractivity contribution >= 4 is 17.3 Å². The minimum atomic E-state index is -0.617. The molecule has 174 valence electrons. The summed E-state index contributed by atoms with van der Waals surface area (Å²) in [5.41, 5.74) is 10.1. The molecule has 0 radical (unpaired) electrons. The number of anilines is 1. The molecule has 2 aliphatic heterocycles. The number of aromatic hydroxyl groups is 1. The van der Waals surface area contributed by atoms with E-state index in [1.807, 2.05) is 18.2 Å². The van der Waals surface area contributed by atoms with E-state index in [1.54, 1.807) is 6.08 Å². The highest BCUT2D eigenvalue weighted by atomic mass is 16.3. The molecule has 8 heteroatoms. The van der Waals surface area contributed by atoms with Crippen molar-refractivity contribution < 1.29 is 5.11 Å². The summed E-state index contributed by atoms with van der Waals surface area (Å²) in [4.78, 5) is 26.6. The van der Waals surface area contributed by atoms with Crippen molar-refractivity contribution in [3.63, 3.8) is 0 Å². The van der Waals surface area contributed by atoms with Crippen molar-refractivity contribution in [2.24, 2.45) is 19.8 Å². The second-order valence-corrected chi connectivity index (χ2v) is 8.97. The number of aromatic nitrogens is 2. The number of rotatable bonds is 4. The fourth-order valence-corrected chi connectivity index (χ4v) is 4.53. The van der Waals surface area contributed by atoms with E-state index in [0.29, 0.717) is 12.1 Å². The molecule has 34 heavy (non-hydrogen) atoms. The van der Waals surface area contributed by atoms with Crippen molar-refractivity contribution in [3.05, 3.63) is 91.3 Å².